The minimum absolute atomic E-state index is 0.0204. The molecule has 2 atom stereocenters. The smallest absolute Gasteiger partial charge is 0.373 e. The van der Waals surface area contributed by atoms with Gasteiger partial charge in [0.15, 0.2) is 36.4 Å². The quantitative estimate of drug-likeness (QED) is 0.0550. The molecule has 0 spiro atoms. The number of nitrogens with zero attached hydrogens (tertiary/aromatic N) is 8. The molecule has 2 N–H and O–H groups in total. The Morgan fingerprint density at radius 2 is 0.660 bits per heavy atom. The van der Waals surface area contributed by atoms with Gasteiger partial charge in [-0.1, -0.05) is 97.1 Å². The van der Waals surface area contributed by atoms with Crippen LogP contribution in [-0.2, 0) is 41.9 Å². The number of fused-ring (bicyclic) bond motifs is 2. The fraction of sp³-hybridized carbons (Fsp3) is 0.214. The Kier molecular flexibility index (Phi) is 28.0. The fourth-order valence-corrected chi connectivity index (χ4v) is 10.7. The highest BCUT2D eigenvalue weighted by Crippen LogP contribution is 2.22. The number of carbonyl (C=O) groups is 6. The van der Waals surface area contributed by atoms with Crippen LogP contribution in [0.3, 0.4) is 0 Å². The lowest BCUT2D eigenvalue weighted by molar-refractivity contribution is -0.709. The summed E-state index contributed by atoms with van der Waals surface area (Å²) in [7, 11) is 16.1. The van der Waals surface area contributed by atoms with Crippen LogP contribution < -0.4 is 37.9 Å². The highest BCUT2D eigenvalue weighted by Gasteiger charge is 2.33. The van der Waals surface area contributed by atoms with Crippen molar-refractivity contribution in [2.45, 2.75) is 65.7 Å². The van der Waals surface area contributed by atoms with Crippen LogP contribution in [0.25, 0.3) is 70.4 Å². The van der Waals surface area contributed by atoms with Gasteiger partial charge < -0.3 is 29.8 Å². The Labute approximate surface area is 587 Å². The van der Waals surface area contributed by atoms with Gasteiger partial charge in [0.1, 0.15) is 11.6 Å². The number of aromatic nitrogens is 4. The second kappa shape index (κ2) is 37.1. The number of anilines is 4. The van der Waals surface area contributed by atoms with Crippen molar-refractivity contribution >= 4 is 128 Å². The average Bonchev–Trinajstić information content (AvgIpc) is 0.788. The number of pyridine rings is 4. The molecule has 0 fully saturated rings. The van der Waals surface area contributed by atoms with Gasteiger partial charge in [-0.05, 0) is 132 Å². The van der Waals surface area contributed by atoms with Gasteiger partial charge in [0, 0.05) is 164 Å². The molecule has 16 nitrogen and oxygen atoms in total. The first-order chi connectivity index (χ1) is 47.8. The third kappa shape index (κ3) is 23.2. The van der Waals surface area contributed by atoms with Gasteiger partial charge in [-0.25, -0.2) is 9.59 Å². The molecule has 512 valence electrons. The minimum atomic E-state index is -1.02. The van der Waals surface area contributed by atoms with Crippen LogP contribution in [0.1, 0.15) is 97.4 Å². The molecule has 4 heterocycles. The van der Waals surface area contributed by atoms with E-state index >= 15 is 0 Å². The molecule has 2 unspecified atom stereocenters. The maximum Gasteiger partial charge on any atom is 0.373 e. The van der Waals surface area contributed by atoms with Gasteiger partial charge in [-0.3, -0.25) is 19.2 Å². The van der Waals surface area contributed by atoms with Gasteiger partial charge in [-0.2, -0.15) is 18.3 Å². The maximum atomic E-state index is 12.0. The van der Waals surface area contributed by atoms with Gasteiger partial charge in [0.05, 0.1) is 12.8 Å². The standard InChI is InChI=1S/C24H24N2O3.C22H23N2O.C20H22N2O3.C18H21N2O/c1-17(27)16-23(24(28)29)26-21(15-11-19-6-4-5-7-22(19)26)14-10-18-8-12-20(13-9-18)25(2)3;1-17(25)16-24-21(15-11-19-6-4-5-7-22(19)24)14-10-18-8-12-20(13-9-18)23(2)3;1-15(23)14-19(20(24)25)22-12-10-17(11-13-22)5-4-16-6-8-18(9-7-16)21(2)3;1-15(21)14-20-12-10-17(11-13-20)5-4-16-6-8-18(9-7-16)19(2)3/h4-15,23H,16H2,1-3H3;4-15H,16H2,1-3H3;4-13,19H,14H2,1-3H3;4-13H,14H2,1-3H3/q;+1;;+1/p+2. The molecule has 0 aliphatic carbocycles. The molecule has 6 aromatic carbocycles. The van der Waals surface area contributed by atoms with Crippen molar-refractivity contribution < 1.29 is 57.2 Å². The monoisotopic (exact) mass is 1340 g/mol. The van der Waals surface area contributed by atoms with Gasteiger partial charge in [0.25, 0.3) is 12.1 Å². The topological polar surface area (TPSA) is 171 Å². The molecule has 10 rings (SSSR count). The first kappa shape index (κ1) is 75.6. The number of hydrogen-bond acceptors (Lipinski definition) is 10. The Hall–Kier alpha value is -11.8. The number of hydrogen-bond donors (Lipinski definition) is 2. The molecule has 100 heavy (non-hydrogen) atoms. The van der Waals surface area contributed by atoms with Crippen molar-refractivity contribution in [2.24, 2.45) is 0 Å². The second-order valence-corrected chi connectivity index (χ2v) is 25.2. The number of para-hydroxylation sites is 2. The lowest BCUT2D eigenvalue weighted by Crippen LogP contribution is -2.47. The Bertz CT molecular complexity index is 4540. The summed E-state index contributed by atoms with van der Waals surface area (Å²) < 4.78 is 7.24. The molecular formula is C84H92N8O8+4. The van der Waals surface area contributed by atoms with Crippen LogP contribution in [0.4, 0.5) is 22.7 Å². The lowest BCUT2D eigenvalue weighted by Gasteiger charge is -2.12. The van der Waals surface area contributed by atoms with Crippen molar-refractivity contribution in [3.8, 4) is 0 Å². The zero-order valence-electron chi connectivity index (χ0n) is 59.3. The van der Waals surface area contributed by atoms with Crippen molar-refractivity contribution in [2.75, 3.05) is 76.0 Å². The van der Waals surface area contributed by atoms with Crippen LogP contribution in [0.15, 0.2) is 219 Å². The fourth-order valence-electron chi connectivity index (χ4n) is 10.7. The number of Topliss-reactive ketones (excluding diaryl/α,β-unsaturated/α-hetero) is 4. The molecule has 0 aliphatic heterocycles. The van der Waals surface area contributed by atoms with Crippen molar-refractivity contribution in [1.82, 2.24) is 0 Å². The number of aliphatic carboxylic acids is 2. The van der Waals surface area contributed by atoms with E-state index in [1.165, 1.54) is 30.8 Å². The highest BCUT2D eigenvalue weighted by molar-refractivity contribution is 5.85. The molecule has 0 amide bonds. The van der Waals surface area contributed by atoms with Crippen LogP contribution in [0.2, 0.25) is 0 Å². The van der Waals surface area contributed by atoms with Gasteiger partial charge >= 0.3 is 11.9 Å². The van der Waals surface area contributed by atoms with E-state index in [9.17, 15) is 39.0 Å². The van der Waals surface area contributed by atoms with Crippen LogP contribution in [-0.4, -0.2) is 102 Å². The first-order valence-corrected chi connectivity index (χ1v) is 32.9. The molecule has 0 saturated carbocycles. The van der Waals surface area contributed by atoms with Gasteiger partial charge in [0.2, 0.25) is 35.5 Å². The van der Waals surface area contributed by atoms with E-state index in [0.717, 1.165) is 72.4 Å². The van der Waals surface area contributed by atoms with E-state index in [0.29, 0.717) is 13.1 Å². The summed E-state index contributed by atoms with van der Waals surface area (Å²) in [6.07, 6.45) is 23.3. The second-order valence-electron chi connectivity index (χ2n) is 25.2. The number of carboxylic acid groups (broad SMARTS) is 2. The Balaban J connectivity index is 0.000000188. The normalized spacial score (nSPS) is 11.6. The van der Waals surface area contributed by atoms with E-state index in [1.54, 1.807) is 35.4 Å². The number of rotatable bonds is 24. The summed E-state index contributed by atoms with van der Waals surface area (Å²) in [5.74, 6) is -2.04. The highest BCUT2D eigenvalue weighted by atomic mass is 16.4. The van der Waals surface area contributed by atoms with Crippen LogP contribution in [0.5, 0.6) is 0 Å². The molecular weight excluding hydrogens is 1250 g/mol. The predicted octanol–water partition coefficient (Wildman–Crippen LogP) is 13.5. The summed E-state index contributed by atoms with van der Waals surface area (Å²) in [6, 6.07) is 62.7. The van der Waals surface area contributed by atoms with E-state index in [1.807, 2.05) is 217 Å². The van der Waals surface area contributed by atoms with E-state index in [4.69, 9.17) is 0 Å². The number of carboxylic acids is 2. The van der Waals surface area contributed by atoms with E-state index in [2.05, 4.69) is 124 Å². The zero-order chi connectivity index (χ0) is 72.4. The summed E-state index contributed by atoms with van der Waals surface area (Å²) in [5, 5.41) is 21.2. The van der Waals surface area contributed by atoms with Gasteiger partial charge in [-0.15, -0.1) is 0 Å². The van der Waals surface area contributed by atoms with Crippen LogP contribution in [0, 0.1) is 0 Å². The van der Waals surface area contributed by atoms with Crippen molar-refractivity contribution in [1.29, 1.82) is 0 Å². The summed E-state index contributed by atoms with van der Waals surface area (Å²) in [4.78, 5) is 77.3. The Morgan fingerprint density at radius 1 is 0.340 bits per heavy atom. The molecule has 16 heteroatoms. The largest absolute Gasteiger partial charge is 0.476 e. The molecule has 0 bridgehead atoms. The molecule has 0 radical (unpaired) electrons. The lowest BCUT2D eigenvalue weighted by atomic mass is 10.1. The SMILES string of the molecule is CC(=O)CC(C(=O)O)[n+]1c(/C=C/c2ccc(N(C)C)cc2)ccc2ccccc21.CC(=O)CC(C(=O)O)[n+]1ccc(/C=C/c2ccc(N(C)C)cc2)cc1.CC(=O)C[n+]1c(/C=C/c2ccc(N(C)C)cc2)ccc2ccccc21.CC(=O)C[n+]1ccc(/C=C/c2ccc(N(C)C)cc2)cc1. The number of carbonyl (C=O) groups excluding carboxylic acids is 4. The summed E-state index contributed by atoms with van der Waals surface area (Å²) in [5.41, 5.74) is 14.7. The third-order valence-electron chi connectivity index (χ3n) is 16.1. The van der Waals surface area contributed by atoms with Crippen molar-refractivity contribution in [3.63, 3.8) is 0 Å². The Morgan fingerprint density at radius 3 is 1.03 bits per heavy atom. The van der Waals surface area contributed by atoms with Crippen molar-refractivity contribution in [3.05, 3.63) is 264 Å². The predicted molar refractivity (Wildman–Crippen MR) is 406 cm³/mol. The minimum Gasteiger partial charge on any atom is -0.476 e. The van der Waals surface area contributed by atoms with E-state index < -0.39 is 24.0 Å². The summed E-state index contributed by atoms with van der Waals surface area (Å²) >= 11 is 0. The molecule has 0 aliphatic rings. The van der Waals surface area contributed by atoms with E-state index in [-0.39, 0.29) is 36.0 Å². The molecule has 4 aromatic heterocycles. The average molecular weight is 1340 g/mol. The molecule has 10 aromatic rings. The molecule has 0 saturated heterocycles. The van der Waals surface area contributed by atoms with Crippen LogP contribution >= 0.6 is 0 Å². The number of benzene rings is 6. The number of ketones is 4. The first-order valence-electron chi connectivity index (χ1n) is 32.9. The third-order valence-corrected chi connectivity index (χ3v) is 16.1. The maximum absolute atomic E-state index is 12.0. The zero-order valence-corrected chi connectivity index (χ0v) is 59.3. The summed E-state index contributed by atoms with van der Waals surface area (Å²) in [6.45, 7) is 6.84.